The van der Waals surface area contributed by atoms with Crippen LogP contribution in [0.4, 0.5) is 0 Å². The SMILES string of the molecule is COC(=O)C1=C(N)OC2=C(C(=O)CC(C)(C)C2)C1c1cccc(OC)c1OCc1c(Cl)cccc1Cl. The Bertz CT molecular complexity index is 1280. The lowest BCUT2D eigenvalue weighted by Crippen LogP contribution is -2.35. The zero-order valence-electron chi connectivity index (χ0n) is 20.4. The molecule has 1 heterocycles. The summed E-state index contributed by atoms with van der Waals surface area (Å²) >= 11 is 12.7. The minimum absolute atomic E-state index is 0.0226. The molecule has 1 unspecified atom stereocenters. The van der Waals surface area contributed by atoms with Gasteiger partial charge in [0.25, 0.3) is 0 Å². The molecule has 2 aromatic rings. The number of esters is 1. The summed E-state index contributed by atoms with van der Waals surface area (Å²) in [6.07, 6.45) is 0.768. The van der Waals surface area contributed by atoms with E-state index in [0.717, 1.165) is 0 Å². The van der Waals surface area contributed by atoms with Crippen LogP contribution in [0.25, 0.3) is 0 Å². The van der Waals surface area contributed by atoms with Crippen molar-refractivity contribution >= 4 is 35.0 Å². The minimum Gasteiger partial charge on any atom is -0.493 e. The molecular formula is C27H27Cl2NO6. The van der Waals surface area contributed by atoms with E-state index in [4.69, 9.17) is 47.9 Å². The van der Waals surface area contributed by atoms with E-state index in [1.807, 2.05) is 13.8 Å². The molecule has 0 spiro atoms. The number of ketones is 1. The Hall–Kier alpha value is -3.16. The third-order valence-electron chi connectivity index (χ3n) is 6.32. The second-order valence-corrected chi connectivity index (χ2v) is 10.3. The maximum Gasteiger partial charge on any atom is 0.340 e. The van der Waals surface area contributed by atoms with Gasteiger partial charge < -0.3 is 24.7 Å². The van der Waals surface area contributed by atoms with Crippen LogP contribution in [-0.4, -0.2) is 26.0 Å². The van der Waals surface area contributed by atoms with Crippen molar-refractivity contribution in [2.45, 2.75) is 39.2 Å². The lowest BCUT2D eigenvalue weighted by molar-refractivity contribution is -0.136. The van der Waals surface area contributed by atoms with Crippen molar-refractivity contribution < 1.29 is 28.5 Å². The van der Waals surface area contributed by atoms with Gasteiger partial charge in [0.05, 0.1) is 20.1 Å². The lowest BCUT2D eigenvalue weighted by Gasteiger charge is -2.38. The summed E-state index contributed by atoms with van der Waals surface area (Å²) in [5.41, 5.74) is 7.41. The molecule has 190 valence electrons. The second-order valence-electron chi connectivity index (χ2n) is 9.45. The van der Waals surface area contributed by atoms with Crippen molar-refractivity contribution in [3.8, 4) is 11.5 Å². The number of carbonyl (C=O) groups excluding carboxylic acids is 2. The van der Waals surface area contributed by atoms with Crippen molar-refractivity contribution in [2.24, 2.45) is 11.1 Å². The Morgan fingerprint density at radius 1 is 1.11 bits per heavy atom. The zero-order valence-corrected chi connectivity index (χ0v) is 22.0. The Kier molecular flexibility index (Phi) is 7.25. The number of halogens is 2. The first kappa shape index (κ1) is 25.9. The number of para-hydroxylation sites is 1. The average Bonchev–Trinajstić information content (AvgIpc) is 2.81. The standard InChI is InChI=1S/C27H27Cl2NO6/c1-27(2)11-18(31)22-20(12-27)36-25(30)23(26(32)34-4)21(22)14-7-5-10-19(33-3)24(14)35-13-15-16(28)8-6-9-17(15)29/h5-10,21H,11-13,30H2,1-4H3. The molecule has 2 aromatic carbocycles. The molecule has 0 saturated heterocycles. The van der Waals surface area contributed by atoms with Crippen molar-refractivity contribution in [3.05, 3.63) is 80.4 Å². The van der Waals surface area contributed by atoms with Gasteiger partial charge in [0.2, 0.25) is 5.88 Å². The fourth-order valence-electron chi connectivity index (χ4n) is 4.69. The molecule has 0 radical (unpaired) electrons. The van der Waals surface area contributed by atoms with E-state index < -0.39 is 11.9 Å². The van der Waals surface area contributed by atoms with E-state index in [2.05, 4.69) is 0 Å². The summed E-state index contributed by atoms with van der Waals surface area (Å²) in [7, 11) is 2.75. The number of methoxy groups -OCH3 is 2. The molecule has 2 aliphatic rings. The van der Waals surface area contributed by atoms with Gasteiger partial charge in [0.1, 0.15) is 17.9 Å². The quantitative estimate of drug-likeness (QED) is 0.478. The maximum absolute atomic E-state index is 13.5. The number of Topliss-reactive ketones (excluding diaryl/α,β-unsaturated/α-hetero) is 1. The van der Waals surface area contributed by atoms with Gasteiger partial charge in [-0.1, -0.05) is 55.2 Å². The highest BCUT2D eigenvalue weighted by molar-refractivity contribution is 6.35. The number of rotatable bonds is 6. The van der Waals surface area contributed by atoms with Gasteiger partial charge in [0, 0.05) is 39.6 Å². The number of hydrogen-bond acceptors (Lipinski definition) is 7. The molecule has 1 atom stereocenters. The van der Waals surface area contributed by atoms with Gasteiger partial charge in [-0.2, -0.15) is 0 Å². The third-order valence-corrected chi connectivity index (χ3v) is 7.03. The summed E-state index contributed by atoms with van der Waals surface area (Å²) < 4.78 is 22.7. The van der Waals surface area contributed by atoms with E-state index in [1.54, 1.807) is 36.4 Å². The smallest absolute Gasteiger partial charge is 0.340 e. The zero-order chi connectivity index (χ0) is 26.2. The lowest BCUT2D eigenvalue weighted by atomic mass is 9.70. The first-order valence-corrected chi connectivity index (χ1v) is 12.1. The molecule has 0 saturated carbocycles. The Morgan fingerprint density at radius 3 is 2.42 bits per heavy atom. The van der Waals surface area contributed by atoms with Crippen LogP contribution >= 0.6 is 23.2 Å². The predicted molar refractivity (Wildman–Crippen MR) is 136 cm³/mol. The number of allylic oxidation sites excluding steroid dienone is 2. The van der Waals surface area contributed by atoms with Crippen LogP contribution in [0.15, 0.2) is 59.2 Å². The number of benzene rings is 2. The number of nitrogens with two attached hydrogens (primary N) is 1. The van der Waals surface area contributed by atoms with E-state index in [9.17, 15) is 9.59 Å². The largest absolute Gasteiger partial charge is 0.493 e. The molecule has 1 aliphatic heterocycles. The molecule has 1 aliphatic carbocycles. The van der Waals surface area contributed by atoms with Crippen LogP contribution in [0.2, 0.25) is 10.0 Å². The molecule has 7 nitrogen and oxygen atoms in total. The predicted octanol–water partition coefficient (Wildman–Crippen LogP) is 5.68. The molecule has 4 rings (SSSR count). The molecule has 36 heavy (non-hydrogen) atoms. The van der Waals surface area contributed by atoms with Crippen molar-refractivity contribution in [3.63, 3.8) is 0 Å². The molecule has 9 heteroatoms. The summed E-state index contributed by atoms with van der Waals surface area (Å²) in [4.78, 5) is 26.4. The van der Waals surface area contributed by atoms with Crippen LogP contribution in [0, 0.1) is 5.41 Å². The summed E-state index contributed by atoms with van der Waals surface area (Å²) in [6.45, 7) is 3.99. The molecular weight excluding hydrogens is 505 g/mol. The summed E-state index contributed by atoms with van der Waals surface area (Å²) in [5.74, 6) is -0.671. The molecule has 0 fully saturated rings. The van der Waals surface area contributed by atoms with Gasteiger partial charge in [0.15, 0.2) is 17.3 Å². The fourth-order valence-corrected chi connectivity index (χ4v) is 5.20. The minimum atomic E-state index is -0.878. The Balaban J connectivity index is 1.89. The topological polar surface area (TPSA) is 97.1 Å². The van der Waals surface area contributed by atoms with Crippen molar-refractivity contribution in [1.29, 1.82) is 0 Å². The highest BCUT2D eigenvalue weighted by Gasteiger charge is 2.46. The van der Waals surface area contributed by atoms with Gasteiger partial charge in [-0.15, -0.1) is 0 Å². The van der Waals surface area contributed by atoms with Crippen LogP contribution < -0.4 is 15.2 Å². The van der Waals surface area contributed by atoms with Gasteiger partial charge >= 0.3 is 5.97 Å². The van der Waals surface area contributed by atoms with Gasteiger partial charge in [-0.25, -0.2) is 4.79 Å². The van der Waals surface area contributed by atoms with E-state index in [0.29, 0.717) is 50.4 Å². The number of hydrogen-bond donors (Lipinski definition) is 1. The Labute approximate surface area is 219 Å². The molecule has 0 aromatic heterocycles. The normalized spacial score (nSPS) is 18.9. The van der Waals surface area contributed by atoms with Gasteiger partial charge in [-0.05, 0) is 23.6 Å². The first-order chi connectivity index (χ1) is 17.1. The van der Waals surface area contributed by atoms with Crippen LogP contribution in [-0.2, 0) is 25.7 Å². The molecule has 2 N–H and O–H groups in total. The van der Waals surface area contributed by atoms with Crippen molar-refractivity contribution in [1.82, 2.24) is 0 Å². The maximum atomic E-state index is 13.5. The third kappa shape index (κ3) is 4.77. The second kappa shape index (κ2) is 10.1. The Morgan fingerprint density at radius 2 is 1.78 bits per heavy atom. The number of carbonyl (C=O) groups is 2. The molecule has 0 bridgehead atoms. The number of ether oxygens (including phenoxy) is 4. The highest BCUT2D eigenvalue weighted by Crippen LogP contribution is 2.51. The summed E-state index contributed by atoms with van der Waals surface area (Å²) in [6, 6.07) is 10.4. The highest BCUT2D eigenvalue weighted by atomic mass is 35.5. The monoisotopic (exact) mass is 531 g/mol. The van der Waals surface area contributed by atoms with Crippen LogP contribution in [0.1, 0.15) is 43.7 Å². The molecule has 0 amide bonds. The first-order valence-electron chi connectivity index (χ1n) is 11.3. The van der Waals surface area contributed by atoms with Crippen molar-refractivity contribution in [2.75, 3.05) is 14.2 Å². The van der Waals surface area contributed by atoms with E-state index in [1.165, 1.54) is 14.2 Å². The van der Waals surface area contributed by atoms with E-state index >= 15 is 0 Å². The average molecular weight is 532 g/mol. The summed E-state index contributed by atoms with van der Waals surface area (Å²) in [5, 5.41) is 0.887. The van der Waals surface area contributed by atoms with E-state index in [-0.39, 0.29) is 35.7 Å². The fraction of sp³-hybridized carbons (Fsp3) is 0.333. The van der Waals surface area contributed by atoms with Crippen LogP contribution in [0.3, 0.4) is 0 Å². The van der Waals surface area contributed by atoms with Gasteiger partial charge in [-0.3, -0.25) is 4.79 Å². The van der Waals surface area contributed by atoms with Crippen LogP contribution in [0.5, 0.6) is 11.5 Å².